The molecule has 1 fully saturated rings. The molecule has 2 rings (SSSR count). The molecule has 4 heteroatoms. The number of hydrogen-bond acceptors (Lipinski definition) is 4. The molecule has 1 heterocycles. The average molecular weight is 207 g/mol. The van der Waals surface area contributed by atoms with E-state index in [0.717, 1.165) is 30.8 Å². The Morgan fingerprint density at radius 1 is 1.53 bits per heavy atom. The van der Waals surface area contributed by atoms with Crippen molar-refractivity contribution in [2.75, 3.05) is 17.6 Å². The summed E-state index contributed by atoms with van der Waals surface area (Å²) in [5, 5.41) is 13.0. The number of aromatic nitrogens is 1. The third kappa shape index (κ3) is 2.21. The first-order chi connectivity index (χ1) is 7.09. The Bertz CT molecular complexity index is 361. The van der Waals surface area contributed by atoms with Crippen molar-refractivity contribution >= 4 is 11.5 Å². The van der Waals surface area contributed by atoms with Crippen molar-refractivity contribution in [1.82, 2.24) is 4.98 Å². The van der Waals surface area contributed by atoms with Crippen molar-refractivity contribution in [1.29, 1.82) is 0 Å². The fourth-order valence-electron chi connectivity index (χ4n) is 1.69. The molecule has 0 radical (unpaired) electrons. The Morgan fingerprint density at radius 2 is 2.27 bits per heavy atom. The minimum atomic E-state index is -0.517. The van der Waals surface area contributed by atoms with Gasteiger partial charge in [0.1, 0.15) is 5.82 Å². The van der Waals surface area contributed by atoms with E-state index in [2.05, 4.69) is 10.3 Å². The van der Waals surface area contributed by atoms with E-state index in [1.165, 1.54) is 0 Å². The van der Waals surface area contributed by atoms with Crippen LogP contribution < -0.4 is 11.1 Å². The topological polar surface area (TPSA) is 71.2 Å². The van der Waals surface area contributed by atoms with Crippen LogP contribution in [0.1, 0.15) is 25.0 Å². The van der Waals surface area contributed by atoms with Gasteiger partial charge in [0.25, 0.3) is 0 Å². The maximum Gasteiger partial charge on any atom is 0.126 e. The Balaban J connectivity index is 1.96. The van der Waals surface area contributed by atoms with Crippen LogP contribution in [0.5, 0.6) is 0 Å². The minimum Gasteiger partial charge on any atom is -0.397 e. The van der Waals surface area contributed by atoms with Crippen molar-refractivity contribution in [2.45, 2.75) is 31.8 Å². The molecule has 4 N–H and O–H groups in total. The monoisotopic (exact) mass is 207 g/mol. The van der Waals surface area contributed by atoms with Crippen LogP contribution in [0.4, 0.5) is 11.5 Å². The smallest absolute Gasteiger partial charge is 0.126 e. The summed E-state index contributed by atoms with van der Waals surface area (Å²) in [6.45, 7) is 2.45. The molecule has 1 aliphatic carbocycles. The maximum absolute atomic E-state index is 9.88. The number of aryl methyl sites for hydroxylation is 1. The number of nitrogens with two attached hydrogens (primary N) is 1. The van der Waals surface area contributed by atoms with Gasteiger partial charge in [-0.05, 0) is 38.3 Å². The molecule has 1 saturated carbocycles. The molecule has 0 bridgehead atoms. The van der Waals surface area contributed by atoms with Gasteiger partial charge >= 0.3 is 0 Å². The number of nitrogen functional groups attached to an aromatic ring is 1. The predicted octanol–water partition coefficient (Wildman–Crippen LogP) is 1.30. The van der Waals surface area contributed by atoms with Gasteiger partial charge in [-0.1, -0.05) is 0 Å². The standard InChI is InChI=1S/C11H17N3O/c1-8-9(12)3-4-10(14-8)13-7-11(15)5-2-6-11/h3-4,15H,2,5-7,12H2,1H3,(H,13,14). The van der Waals surface area contributed by atoms with Crippen molar-refractivity contribution in [2.24, 2.45) is 0 Å². The number of nitrogens with one attached hydrogen (secondary N) is 1. The highest BCUT2D eigenvalue weighted by atomic mass is 16.3. The van der Waals surface area contributed by atoms with Gasteiger partial charge in [-0.15, -0.1) is 0 Å². The molecule has 0 atom stereocenters. The maximum atomic E-state index is 9.88. The molecule has 0 amide bonds. The number of nitrogens with zero attached hydrogens (tertiary/aromatic N) is 1. The highest BCUT2D eigenvalue weighted by Crippen LogP contribution is 2.31. The van der Waals surface area contributed by atoms with Gasteiger partial charge < -0.3 is 16.2 Å². The molecule has 0 aliphatic heterocycles. The number of rotatable bonds is 3. The Labute approximate surface area is 89.5 Å². The van der Waals surface area contributed by atoms with E-state index in [1.807, 2.05) is 19.1 Å². The number of hydrogen-bond donors (Lipinski definition) is 3. The second-order valence-corrected chi connectivity index (χ2v) is 4.30. The first-order valence-electron chi connectivity index (χ1n) is 5.28. The van der Waals surface area contributed by atoms with Gasteiger partial charge in [-0.2, -0.15) is 0 Å². The van der Waals surface area contributed by atoms with Gasteiger partial charge in [0.05, 0.1) is 17.0 Å². The van der Waals surface area contributed by atoms with Crippen LogP contribution in [0.3, 0.4) is 0 Å². The van der Waals surface area contributed by atoms with Gasteiger partial charge in [0, 0.05) is 6.54 Å². The van der Waals surface area contributed by atoms with E-state index >= 15 is 0 Å². The quantitative estimate of drug-likeness (QED) is 0.698. The Hall–Kier alpha value is -1.29. The molecular weight excluding hydrogens is 190 g/mol. The summed E-state index contributed by atoms with van der Waals surface area (Å²) in [5.41, 5.74) is 6.67. The highest BCUT2D eigenvalue weighted by molar-refractivity contribution is 5.49. The predicted molar refractivity (Wildman–Crippen MR) is 60.7 cm³/mol. The largest absolute Gasteiger partial charge is 0.397 e. The van der Waals surface area contributed by atoms with Crippen molar-refractivity contribution in [3.8, 4) is 0 Å². The molecule has 1 aliphatic rings. The molecule has 0 saturated heterocycles. The zero-order valence-electron chi connectivity index (χ0n) is 8.95. The van der Waals surface area contributed by atoms with Gasteiger partial charge in [0.2, 0.25) is 0 Å². The highest BCUT2D eigenvalue weighted by Gasteiger charge is 2.33. The van der Waals surface area contributed by atoms with Crippen LogP contribution in [0.25, 0.3) is 0 Å². The van der Waals surface area contributed by atoms with Gasteiger partial charge in [-0.3, -0.25) is 0 Å². The molecule has 1 aromatic heterocycles. The lowest BCUT2D eigenvalue weighted by molar-refractivity contribution is -0.0202. The van der Waals surface area contributed by atoms with E-state index in [1.54, 1.807) is 0 Å². The van der Waals surface area contributed by atoms with E-state index < -0.39 is 5.60 Å². The van der Waals surface area contributed by atoms with Gasteiger partial charge in [-0.25, -0.2) is 4.98 Å². The van der Waals surface area contributed by atoms with Crippen molar-refractivity contribution < 1.29 is 5.11 Å². The summed E-state index contributed by atoms with van der Waals surface area (Å²) in [7, 11) is 0. The molecule has 0 spiro atoms. The van der Waals surface area contributed by atoms with E-state index in [9.17, 15) is 5.11 Å². The average Bonchev–Trinajstić information content (AvgIpc) is 2.17. The summed E-state index contributed by atoms with van der Waals surface area (Å²) in [6.07, 6.45) is 2.88. The van der Waals surface area contributed by atoms with Crippen LogP contribution >= 0.6 is 0 Å². The molecular formula is C11H17N3O. The number of anilines is 2. The molecule has 82 valence electrons. The molecule has 0 aromatic carbocycles. The summed E-state index contributed by atoms with van der Waals surface area (Å²) in [4.78, 5) is 4.29. The normalized spacial score (nSPS) is 18.3. The van der Waals surface area contributed by atoms with Crippen LogP contribution in [0.15, 0.2) is 12.1 Å². The molecule has 4 nitrogen and oxygen atoms in total. The zero-order chi connectivity index (χ0) is 10.9. The lowest BCUT2D eigenvalue weighted by Crippen LogP contribution is -2.43. The van der Waals surface area contributed by atoms with Crippen LogP contribution in [0.2, 0.25) is 0 Å². The summed E-state index contributed by atoms with van der Waals surface area (Å²) >= 11 is 0. The van der Waals surface area contributed by atoms with Crippen LogP contribution in [0, 0.1) is 6.92 Å². The Kier molecular flexibility index (Phi) is 2.52. The van der Waals surface area contributed by atoms with E-state index in [0.29, 0.717) is 12.2 Å². The lowest BCUT2D eigenvalue weighted by atomic mass is 9.80. The fourth-order valence-corrected chi connectivity index (χ4v) is 1.69. The second kappa shape index (κ2) is 3.70. The zero-order valence-corrected chi connectivity index (χ0v) is 8.95. The van der Waals surface area contributed by atoms with Crippen LogP contribution in [-0.4, -0.2) is 22.2 Å². The lowest BCUT2D eigenvalue weighted by Gasteiger charge is -2.36. The first-order valence-corrected chi connectivity index (χ1v) is 5.28. The number of pyridine rings is 1. The second-order valence-electron chi connectivity index (χ2n) is 4.30. The molecule has 15 heavy (non-hydrogen) atoms. The summed E-state index contributed by atoms with van der Waals surface area (Å²) in [6, 6.07) is 3.67. The summed E-state index contributed by atoms with van der Waals surface area (Å²) < 4.78 is 0. The molecule has 1 aromatic rings. The van der Waals surface area contributed by atoms with E-state index in [4.69, 9.17) is 5.73 Å². The Morgan fingerprint density at radius 3 is 2.80 bits per heavy atom. The third-order valence-electron chi connectivity index (χ3n) is 3.01. The fraction of sp³-hybridized carbons (Fsp3) is 0.545. The van der Waals surface area contributed by atoms with Gasteiger partial charge in [0.15, 0.2) is 0 Å². The number of aliphatic hydroxyl groups is 1. The van der Waals surface area contributed by atoms with Crippen molar-refractivity contribution in [3.63, 3.8) is 0 Å². The summed E-state index contributed by atoms with van der Waals surface area (Å²) in [5.74, 6) is 0.780. The first kappa shape index (κ1) is 10.2. The van der Waals surface area contributed by atoms with E-state index in [-0.39, 0.29) is 0 Å². The van der Waals surface area contributed by atoms with Crippen molar-refractivity contribution in [3.05, 3.63) is 17.8 Å². The van der Waals surface area contributed by atoms with Crippen LogP contribution in [-0.2, 0) is 0 Å². The minimum absolute atomic E-state index is 0.517. The SMILES string of the molecule is Cc1nc(NCC2(O)CCC2)ccc1N. The third-order valence-corrected chi connectivity index (χ3v) is 3.01. The molecule has 0 unspecified atom stereocenters.